The van der Waals surface area contributed by atoms with E-state index in [1.54, 1.807) is 6.20 Å². The van der Waals surface area contributed by atoms with Crippen LogP contribution in [-0.4, -0.2) is 9.78 Å². The van der Waals surface area contributed by atoms with Gasteiger partial charge in [-0.25, -0.2) is 4.68 Å². The van der Waals surface area contributed by atoms with Crippen molar-refractivity contribution in [3.63, 3.8) is 0 Å². The highest BCUT2D eigenvalue weighted by Gasteiger charge is 1.98. The third kappa shape index (κ3) is 1.58. The van der Waals surface area contributed by atoms with Gasteiger partial charge in [0.2, 0.25) is 0 Å². The lowest BCUT2D eigenvalue weighted by Crippen LogP contribution is -1.97. The highest BCUT2D eigenvalue weighted by molar-refractivity contribution is 6.30. The molecule has 0 spiro atoms. The van der Waals surface area contributed by atoms with Crippen molar-refractivity contribution in [2.75, 3.05) is 0 Å². The smallest absolute Gasteiger partial charge is 0.0649 e. The minimum atomic E-state index is 0.744. The molecule has 3 heteroatoms. The topological polar surface area (TPSA) is 17.8 Å². The first-order chi connectivity index (χ1) is 6.27. The van der Waals surface area contributed by atoms with Crippen molar-refractivity contribution in [1.29, 1.82) is 0 Å². The Morgan fingerprint density at radius 2 is 1.85 bits per heavy atom. The maximum Gasteiger partial charge on any atom is 0.0649 e. The first-order valence-corrected chi connectivity index (χ1v) is 4.42. The largest absolute Gasteiger partial charge is 0.238 e. The SMILES string of the molecule is Cc1ccnn1-c1ccc(Cl)cc1. The number of hydrogen-bond donors (Lipinski definition) is 0. The highest BCUT2D eigenvalue weighted by atomic mass is 35.5. The van der Waals surface area contributed by atoms with Gasteiger partial charge in [0.1, 0.15) is 0 Å². The molecule has 0 fully saturated rings. The lowest BCUT2D eigenvalue weighted by atomic mass is 10.3. The summed E-state index contributed by atoms with van der Waals surface area (Å²) in [7, 11) is 0. The van der Waals surface area contributed by atoms with Crippen LogP contribution in [0.25, 0.3) is 5.69 Å². The molecule has 66 valence electrons. The molecule has 0 unspecified atom stereocenters. The molecule has 0 atom stereocenters. The lowest BCUT2D eigenvalue weighted by molar-refractivity contribution is 0.847. The molecule has 2 nitrogen and oxygen atoms in total. The Labute approximate surface area is 81.8 Å². The van der Waals surface area contributed by atoms with E-state index in [4.69, 9.17) is 11.6 Å². The summed E-state index contributed by atoms with van der Waals surface area (Å²) in [6.45, 7) is 2.02. The molecule has 0 aliphatic rings. The Morgan fingerprint density at radius 3 is 2.38 bits per heavy atom. The molecule has 1 heterocycles. The van der Waals surface area contributed by atoms with Crippen LogP contribution in [0.4, 0.5) is 0 Å². The summed E-state index contributed by atoms with van der Waals surface area (Å²) in [4.78, 5) is 0. The van der Waals surface area contributed by atoms with Gasteiger partial charge in [-0.2, -0.15) is 5.10 Å². The summed E-state index contributed by atoms with van der Waals surface area (Å²) in [5.74, 6) is 0. The lowest BCUT2D eigenvalue weighted by Gasteiger charge is -2.03. The van der Waals surface area contributed by atoms with Gasteiger partial charge in [0.25, 0.3) is 0 Å². The Morgan fingerprint density at radius 1 is 1.15 bits per heavy atom. The summed E-state index contributed by atoms with van der Waals surface area (Å²) >= 11 is 5.78. The van der Waals surface area contributed by atoms with Crippen LogP contribution in [-0.2, 0) is 0 Å². The molecule has 1 aromatic carbocycles. The number of benzene rings is 1. The summed E-state index contributed by atoms with van der Waals surface area (Å²) in [6.07, 6.45) is 1.78. The molecule has 0 radical (unpaired) electrons. The highest BCUT2D eigenvalue weighted by Crippen LogP contribution is 2.13. The zero-order valence-corrected chi connectivity index (χ0v) is 7.99. The number of aromatic nitrogens is 2. The predicted octanol–water partition coefficient (Wildman–Crippen LogP) is 2.83. The number of halogens is 1. The van der Waals surface area contributed by atoms with Gasteiger partial charge < -0.3 is 0 Å². The molecule has 0 saturated heterocycles. The zero-order valence-electron chi connectivity index (χ0n) is 7.24. The average Bonchev–Trinajstić information content (AvgIpc) is 2.53. The molecule has 0 amide bonds. The Balaban J connectivity index is 2.47. The predicted molar refractivity (Wildman–Crippen MR) is 53.3 cm³/mol. The Hall–Kier alpha value is -1.28. The van der Waals surface area contributed by atoms with Crippen LogP contribution in [0.3, 0.4) is 0 Å². The van der Waals surface area contributed by atoms with Gasteiger partial charge >= 0.3 is 0 Å². The molecule has 0 bridgehead atoms. The van der Waals surface area contributed by atoms with Crippen molar-refractivity contribution in [3.8, 4) is 5.69 Å². The van der Waals surface area contributed by atoms with E-state index >= 15 is 0 Å². The third-order valence-electron chi connectivity index (χ3n) is 1.90. The van der Waals surface area contributed by atoms with Crippen molar-refractivity contribution < 1.29 is 0 Å². The first kappa shape index (κ1) is 8.32. The van der Waals surface area contributed by atoms with Gasteiger partial charge in [-0.05, 0) is 37.3 Å². The monoisotopic (exact) mass is 192 g/mol. The summed E-state index contributed by atoms with van der Waals surface area (Å²) < 4.78 is 1.87. The summed E-state index contributed by atoms with van der Waals surface area (Å²) in [5.41, 5.74) is 2.15. The second-order valence-corrected chi connectivity index (χ2v) is 3.30. The average molecular weight is 193 g/mol. The van der Waals surface area contributed by atoms with E-state index in [1.807, 2.05) is 41.9 Å². The standard InChI is InChI=1S/C10H9ClN2/c1-8-6-7-12-13(8)10-4-2-9(11)3-5-10/h2-7H,1H3. The van der Waals surface area contributed by atoms with Crippen molar-refractivity contribution in [3.05, 3.63) is 47.2 Å². The van der Waals surface area contributed by atoms with E-state index < -0.39 is 0 Å². The fourth-order valence-corrected chi connectivity index (χ4v) is 1.35. The minimum Gasteiger partial charge on any atom is -0.238 e. The van der Waals surface area contributed by atoms with E-state index in [2.05, 4.69) is 5.10 Å². The Bertz CT molecular complexity index is 403. The number of rotatable bonds is 1. The zero-order chi connectivity index (χ0) is 9.26. The van der Waals surface area contributed by atoms with E-state index in [0.29, 0.717) is 0 Å². The molecule has 13 heavy (non-hydrogen) atoms. The van der Waals surface area contributed by atoms with Gasteiger partial charge in [0.15, 0.2) is 0 Å². The quantitative estimate of drug-likeness (QED) is 0.680. The Kier molecular flexibility index (Phi) is 2.07. The van der Waals surface area contributed by atoms with Crippen LogP contribution >= 0.6 is 11.6 Å². The van der Waals surface area contributed by atoms with Crippen molar-refractivity contribution in [2.24, 2.45) is 0 Å². The second kappa shape index (κ2) is 3.23. The molecular weight excluding hydrogens is 184 g/mol. The van der Waals surface area contributed by atoms with E-state index in [0.717, 1.165) is 16.4 Å². The van der Waals surface area contributed by atoms with Gasteiger partial charge in [-0.1, -0.05) is 11.6 Å². The molecule has 1 aromatic heterocycles. The third-order valence-corrected chi connectivity index (χ3v) is 2.16. The number of nitrogens with zero attached hydrogens (tertiary/aromatic N) is 2. The molecule has 0 aliphatic heterocycles. The normalized spacial score (nSPS) is 10.3. The second-order valence-electron chi connectivity index (χ2n) is 2.86. The van der Waals surface area contributed by atoms with Gasteiger partial charge in [-0.15, -0.1) is 0 Å². The molecule has 0 aliphatic carbocycles. The number of aryl methyl sites for hydroxylation is 1. The number of hydrogen-bond acceptors (Lipinski definition) is 1. The van der Waals surface area contributed by atoms with Crippen molar-refractivity contribution in [1.82, 2.24) is 9.78 Å². The van der Waals surface area contributed by atoms with Crippen LogP contribution in [0.5, 0.6) is 0 Å². The maximum absolute atomic E-state index is 5.78. The molecular formula is C10H9ClN2. The maximum atomic E-state index is 5.78. The van der Waals surface area contributed by atoms with Gasteiger partial charge in [0.05, 0.1) is 5.69 Å². The first-order valence-electron chi connectivity index (χ1n) is 4.04. The van der Waals surface area contributed by atoms with Crippen LogP contribution in [0.1, 0.15) is 5.69 Å². The minimum absolute atomic E-state index is 0.744. The fraction of sp³-hybridized carbons (Fsp3) is 0.100. The van der Waals surface area contributed by atoms with E-state index in [-0.39, 0.29) is 0 Å². The fourth-order valence-electron chi connectivity index (χ4n) is 1.22. The van der Waals surface area contributed by atoms with E-state index in [1.165, 1.54) is 0 Å². The van der Waals surface area contributed by atoms with Gasteiger partial charge in [0, 0.05) is 16.9 Å². The summed E-state index contributed by atoms with van der Waals surface area (Å²) in [6, 6.07) is 9.58. The molecule has 2 aromatic rings. The van der Waals surface area contributed by atoms with Crippen molar-refractivity contribution in [2.45, 2.75) is 6.92 Å². The molecule has 0 saturated carbocycles. The van der Waals surface area contributed by atoms with Crippen LogP contribution in [0.2, 0.25) is 5.02 Å². The van der Waals surface area contributed by atoms with Crippen molar-refractivity contribution >= 4 is 11.6 Å². The summed E-state index contributed by atoms with van der Waals surface area (Å²) in [5, 5.41) is 4.93. The molecule has 2 rings (SSSR count). The molecule has 0 N–H and O–H groups in total. The van der Waals surface area contributed by atoms with Crippen LogP contribution in [0.15, 0.2) is 36.5 Å². The van der Waals surface area contributed by atoms with Crippen LogP contribution < -0.4 is 0 Å². The van der Waals surface area contributed by atoms with Crippen LogP contribution in [0, 0.1) is 6.92 Å². The van der Waals surface area contributed by atoms with E-state index in [9.17, 15) is 0 Å². The van der Waals surface area contributed by atoms with Gasteiger partial charge in [-0.3, -0.25) is 0 Å².